The molecular weight excluding hydrogens is 114 g/mol. The van der Waals surface area contributed by atoms with Crippen LogP contribution < -0.4 is 5.32 Å². The van der Waals surface area contributed by atoms with Gasteiger partial charge in [-0.25, -0.2) is 0 Å². The quantitative estimate of drug-likeness (QED) is 0.499. The molecular formula is C7H15NO. The van der Waals surface area contributed by atoms with Crippen LogP contribution in [0.2, 0.25) is 0 Å². The minimum atomic E-state index is -0.452. The largest absolute Gasteiger partial charge is 0.389 e. The second-order valence-corrected chi connectivity index (χ2v) is 3.32. The third-order valence-corrected chi connectivity index (χ3v) is 1.95. The van der Waals surface area contributed by atoms with Gasteiger partial charge in [-0.1, -0.05) is 0 Å². The zero-order chi connectivity index (χ0) is 6.91. The molecule has 0 aliphatic carbocycles. The minimum absolute atomic E-state index is 0.452. The lowest BCUT2D eigenvalue weighted by molar-refractivity contribution is 0.0260. The third kappa shape index (κ3) is 1.95. The molecule has 1 rings (SSSR count). The van der Waals surface area contributed by atoms with Gasteiger partial charge in [-0.3, -0.25) is 0 Å². The van der Waals surface area contributed by atoms with Crippen molar-refractivity contribution in [1.29, 1.82) is 0 Å². The zero-order valence-corrected chi connectivity index (χ0v) is 6.15. The number of rotatable bonds is 0. The van der Waals surface area contributed by atoms with Gasteiger partial charge in [0.15, 0.2) is 0 Å². The molecule has 54 valence electrons. The van der Waals surface area contributed by atoms with Crippen LogP contribution >= 0.6 is 0 Å². The molecule has 1 aliphatic rings. The van der Waals surface area contributed by atoms with E-state index in [1.165, 1.54) is 0 Å². The van der Waals surface area contributed by atoms with E-state index >= 15 is 0 Å². The topological polar surface area (TPSA) is 32.3 Å². The molecule has 2 atom stereocenters. The summed E-state index contributed by atoms with van der Waals surface area (Å²) in [6.45, 7) is 4.77. The fourth-order valence-corrected chi connectivity index (χ4v) is 1.11. The number of piperidine rings is 1. The summed E-state index contributed by atoms with van der Waals surface area (Å²) in [5, 5.41) is 12.7. The average Bonchev–Trinajstić information content (AvgIpc) is 1.78. The summed E-state index contributed by atoms with van der Waals surface area (Å²) in [4.78, 5) is 0. The van der Waals surface area contributed by atoms with Crippen LogP contribution in [-0.4, -0.2) is 23.3 Å². The van der Waals surface area contributed by atoms with E-state index < -0.39 is 5.60 Å². The van der Waals surface area contributed by atoms with Gasteiger partial charge in [-0.2, -0.15) is 0 Å². The van der Waals surface area contributed by atoms with Crippen molar-refractivity contribution in [2.75, 3.05) is 6.54 Å². The van der Waals surface area contributed by atoms with Crippen LogP contribution in [0.1, 0.15) is 26.7 Å². The number of hydrogen-bond donors (Lipinski definition) is 2. The molecule has 0 aromatic carbocycles. The smallest absolute Gasteiger partial charge is 0.0744 e. The van der Waals surface area contributed by atoms with Crippen molar-refractivity contribution in [3.63, 3.8) is 0 Å². The van der Waals surface area contributed by atoms with E-state index in [1.54, 1.807) is 0 Å². The van der Waals surface area contributed by atoms with Crippen LogP contribution in [0.3, 0.4) is 0 Å². The Morgan fingerprint density at radius 1 is 1.67 bits per heavy atom. The van der Waals surface area contributed by atoms with E-state index in [9.17, 15) is 5.11 Å². The first-order valence-corrected chi connectivity index (χ1v) is 3.56. The van der Waals surface area contributed by atoms with E-state index in [0.717, 1.165) is 19.4 Å². The minimum Gasteiger partial charge on any atom is -0.389 e. The predicted molar refractivity (Wildman–Crippen MR) is 37.3 cm³/mol. The highest BCUT2D eigenvalue weighted by Crippen LogP contribution is 2.17. The average molecular weight is 129 g/mol. The van der Waals surface area contributed by atoms with E-state index in [-0.39, 0.29) is 0 Å². The van der Waals surface area contributed by atoms with Crippen LogP contribution in [0.5, 0.6) is 0 Å². The maximum atomic E-state index is 9.43. The molecule has 1 aliphatic heterocycles. The first-order valence-electron chi connectivity index (χ1n) is 3.56. The summed E-state index contributed by atoms with van der Waals surface area (Å²) < 4.78 is 0. The maximum absolute atomic E-state index is 9.43. The van der Waals surface area contributed by atoms with Gasteiger partial charge in [0.2, 0.25) is 0 Å². The zero-order valence-electron chi connectivity index (χ0n) is 6.15. The standard InChI is InChI=1S/C7H15NO/c1-6-3-4-7(2,9)5-8-6/h6,8-9H,3-5H2,1-2H3/t6-,7+/m1/s1. The fraction of sp³-hybridized carbons (Fsp3) is 1.00. The van der Waals surface area contributed by atoms with Crippen molar-refractivity contribution >= 4 is 0 Å². The van der Waals surface area contributed by atoms with E-state index in [1.807, 2.05) is 6.92 Å². The number of aliphatic hydroxyl groups is 1. The summed E-state index contributed by atoms with van der Waals surface area (Å²) in [7, 11) is 0. The summed E-state index contributed by atoms with van der Waals surface area (Å²) >= 11 is 0. The van der Waals surface area contributed by atoms with Gasteiger partial charge in [-0.15, -0.1) is 0 Å². The van der Waals surface area contributed by atoms with Crippen LogP contribution in [-0.2, 0) is 0 Å². The monoisotopic (exact) mass is 129 g/mol. The SMILES string of the molecule is C[C@@H]1CC[C@](C)(O)CN1. The second kappa shape index (κ2) is 2.27. The molecule has 0 aromatic rings. The highest BCUT2D eigenvalue weighted by molar-refractivity contribution is 4.83. The molecule has 1 fully saturated rings. The number of β-amino-alcohol motifs (C(OH)–C–C–N with tert-alkyl or cyclic N) is 1. The summed E-state index contributed by atoms with van der Waals surface area (Å²) in [6.07, 6.45) is 2.02. The molecule has 2 nitrogen and oxygen atoms in total. The highest BCUT2D eigenvalue weighted by atomic mass is 16.3. The Bertz CT molecular complexity index is 91.1. The first-order chi connectivity index (χ1) is 4.10. The van der Waals surface area contributed by atoms with E-state index in [0.29, 0.717) is 6.04 Å². The van der Waals surface area contributed by atoms with E-state index in [2.05, 4.69) is 12.2 Å². The Kier molecular flexibility index (Phi) is 1.78. The predicted octanol–water partition coefficient (Wildman–Crippen LogP) is 0.509. The summed E-state index contributed by atoms with van der Waals surface area (Å²) in [6, 6.07) is 0.588. The Morgan fingerprint density at radius 3 is 2.67 bits per heavy atom. The Morgan fingerprint density at radius 2 is 2.33 bits per heavy atom. The third-order valence-electron chi connectivity index (χ3n) is 1.95. The molecule has 9 heavy (non-hydrogen) atoms. The van der Waals surface area contributed by atoms with Gasteiger partial charge in [0, 0.05) is 12.6 Å². The molecule has 2 N–H and O–H groups in total. The molecule has 0 radical (unpaired) electrons. The highest BCUT2D eigenvalue weighted by Gasteiger charge is 2.25. The lowest BCUT2D eigenvalue weighted by atomic mass is 9.93. The van der Waals surface area contributed by atoms with Crippen molar-refractivity contribution < 1.29 is 5.11 Å². The van der Waals surface area contributed by atoms with Crippen LogP contribution in [0.25, 0.3) is 0 Å². The molecule has 0 amide bonds. The van der Waals surface area contributed by atoms with Crippen LogP contribution in [0, 0.1) is 0 Å². The van der Waals surface area contributed by atoms with Crippen molar-refractivity contribution in [3.05, 3.63) is 0 Å². The van der Waals surface area contributed by atoms with Crippen molar-refractivity contribution in [2.45, 2.75) is 38.3 Å². The van der Waals surface area contributed by atoms with Crippen LogP contribution in [0.4, 0.5) is 0 Å². The number of nitrogens with one attached hydrogen (secondary N) is 1. The van der Waals surface area contributed by atoms with Gasteiger partial charge in [0.1, 0.15) is 0 Å². The van der Waals surface area contributed by atoms with Gasteiger partial charge >= 0.3 is 0 Å². The van der Waals surface area contributed by atoms with Crippen molar-refractivity contribution in [2.24, 2.45) is 0 Å². The van der Waals surface area contributed by atoms with Crippen LogP contribution in [0.15, 0.2) is 0 Å². The van der Waals surface area contributed by atoms with Gasteiger partial charge < -0.3 is 10.4 Å². The Balaban J connectivity index is 2.35. The number of hydrogen-bond acceptors (Lipinski definition) is 2. The Hall–Kier alpha value is -0.0800. The molecule has 1 heterocycles. The first kappa shape index (κ1) is 7.03. The molecule has 2 heteroatoms. The van der Waals surface area contributed by atoms with Crippen molar-refractivity contribution in [3.8, 4) is 0 Å². The molecule has 1 saturated heterocycles. The molecule has 0 spiro atoms. The normalized spacial score (nSPS) is 45.0. The van der Waals surface area contributed by atoms with Gasteiger partial charge in [0.25, 0.3) is 0 Å². The van der Waals surface area contributed by atoms with E-state index in [4.69, 9.17) is 0 Å². The molecule has 0 aromatic heterocycles. The van der Waals surface area contributed by atoms with Gasteiger partial charge in [-0.05, 0) is 26.7 Å². The molecule has 0 unspecified atom stereocenters. The summed E-state index contributed by atoms with van der Waals surface area (Å²) in [5.74, 6) is 0. The summed E-state index contributed by atoms with van der Waals surface area (Å²) in [5.41, 5.74) is -0.452. The van der Waals surface area contributed by atoms with Gasteiger partial charge in [0.05, 0.1) is 5.60 Å². The molecule has 0 saturated carbocycles. The molecule has 0 bridgehead atoms. The fourth-order valence-electron chi connectivity index (χ4n) is 1.11. The van der Waals surface area contributed by atoms with Crippen molar-refractivity contribution in [1.82, 2.24) is 5.32 Å². The lowest BCUT2D eigenvalue weighted by Gasteiger charge is -2.32. The lowest BCUT2D eigenvalue weighted by Crippen LogP contribution is -2.47. The maximum Gasteiger partial charge on any atom is 0.0744 e. The second-order valence-electron chi connectivity index (χ2n) is 3.32. The Labute approximate surface area is 56.3 Å².